The van der Waals surface area contributed by atoms with Gasteiger partial charge < -0.3 is 38.3 Å². The number of ether oxygens (including phenoxy) is 7. The molecule has 3 heterocycles. The zero-order valence-electron chi connectivity index (χ0n) is 27.1. The van der Waals surface area contributed by atoms with Crippen molar-refractivity contribution in [1.82, 2.24) is 0 Å². The summed E-state index contributed by atoms with van der Waals surface area (Å²) >= 11 is 13.3. The minimum absolute atomic E-state index is 0.00993. The van der Waals surface area contributed by atoms with Crippen LogP contribution in [0.2, 0.25) is 10.0 Å². The maximum absolute atomic E-state index is 14.7. The van der Waals surface area contributed by atoms with Crippen molar-refractivity contribution in [2.45, 2.75) is 50.6 Å². The molecular weight excluding hydrogens is 671 g/mol. The van der Waals surface area contributed by atoms with Crippen LogP contribution in [-0.2, 0) is 14.3 Å². The second-order valence-corrected chi connectivity index (χ2v) is 13.6. The lowest BCUT2D eigenvalue weighted by Gasteiger charge is -2.57. The highest BCUT2D eigenvalue weighted by molar-refractivity contribution is 6.36. The van der Waals surface area contributed by atoms with Crippen LogP contribution in [0.4, 0.5) is 0 Å². The number of fused-ring (bicyclic) bond motifs is 5. The van der Waals surface area contributed by atoms with Gasteiger partial charge in [-0.15, -0.1) is 0 Å². The molecule has 0 aromatic heterocycles. The molecule has 3 aliphatic heterocycles. The molecular formula is C34H32Cl2O12. The van der Waals surface area contributed by atoms with Gasteiger partial charge >= 0.3 is 0 Å². The van der Waals surface area contributed by atoms with Crippen LogP contribution in [-0.4, -0.2) is 73.7 Å². The maximum atomic E-state index is 14.7. The molecule has 48 heavy (non-hydrogen) atoms. The molecule has 14 heteroatoms. The summed E-state index contributed by atoms with van der Waals surface area (Å²) in [7, 11) is 5.47. The molecule has 0 bridgehead atoms. The van der Waals surface area contributed by atoms with Gasteiger partial charge in [-0.3, -0.25) is 19.2 Å². The van der Waals surface area contributed by atoms with Crippen molar-refractivity contribution in [2.75, 3.05) is 28.4 Å². The molecule has 254 valence electrons. The van der Waals surface area contributed by atoms with Crippen LogP contribution in [0.1, 0.15) is 54.3 Å². The Balaban J connectivity index is 1.48. The van der Waals surface area contributed by atoms with E-state index in [0.717, 1.165) is 0 Å². The molecule has 1 saturated carbocycles. The molecule has 2 spiro atoms. The molecule has 2 aromatic carbocycles. The van der Waals surface area contributed by atoms with Crippen LogP contribution in [0.3, 0.4) is 0 Å². The van der Waals surface area contributed by atoms with Gasteiger partial charge in [0.15, 0.2) is 23.0 Å². The number of hydrogen-bond acceptors (Lipinski definition) is 12. The van der Waals surface area contributed by atoms with Crippen molar-refractivity contribution < 1.29 is 57.4 Å². The fourth-order valence-electron chi connectivity index (χ4n) is 8.36. The number of halogens is 2. The van der Waals surface area contributed by atoms with Crippen molar-refractivity contribution >= 4 is 46.3 Å². The van der Waals surface area contributed by atoms with Crippen LogP contribution in [0.25, 0.3) is 0 Å². The lowest BCUT2D eigenvalue weighted by molar-refractivity contribution is -0.315. The number of methoxy groups -OCH3 is 4. The number of ketones is 4. The molecule has 12 nitrogen and oxygen atoms in total. The number of carbonyl (C=O) groups excluding carboxylic acids is 4. The third-order valence-corrected chi connectivity index (χ3v) is 11.3. The summed E-state index contributed by atoms with van der Waals surface area (Å²) in [6.45, 7) is 4.77. The number of Topliss-reactive ketones (excluding diaryl/α,β-unsaturated/α-hetero) is 4. The van der Waals surface area contributed by atoms with E-state index in [2.05, 4.69) is 0 Å². The topological polar surface area (TPSA) is 153 Å². The van der Waals surface area contributed by atoms with Gasteiger partial charge in [0, 0.05) is 48.3 Å². The molecule has 5 aliphatic rings. The van der Waals surface area contributed by atoms with Gasteiger partial charge in [-0.1, -0.05) is 44.0 Å². The molecule has 0 radical (unpaired) electrons. The molecule has 2 aliphatic carbocycles. The first-order valence-electron chi connectivity index (χ1n) is 15.3. The number of aliphatic hydroxyl groups is 1. The number of carbonyl (C=O) groups is 4. The normalized spacial score (nSPS) is 33.0. The smallest absolute Gasteiger partial charge is 0.266 e. The fraction of sp³-hybridized carbons (Fsp3) is 0.471. The minimum Gasteiger partial charge on any atom is -0.496 e. The lowest BCUT2D eigenvalue weighted by atomic mass is 9.57. The Morgan fingerprint density at radius 1 is 0.729 bits per heavy atom. The van der Waals surface area contributed by atoms with E-state index in [9.17, 15) is 24.3 Å². The van der Waals surface area contributed by atoms with E-state index in [4.69, 9.17) is 56.4 Å². The Hall–Kier alpha value is -4.00. The Morgan fingerprint density at radius 2 is 1.25 bits per heavy atom. The first kappa shape index (κ1) is 32.5. The molecule has 7 atom stereocenters. The summed E-state index contributed by atoms with van der Waals surface area (Å²) in [5, 5.41) is 12.9. The average Bonchev–Trinajstić information content (AvgIpc) is 3.54. The number of allylic oxidation sites excluding steroid dienone is 1. The van der Waals surface area contributed by atoms with Gasteiger partial charge in [-0.05, 0) is 0 Å². The lowest BCUT2D eigenvalue weighted by Crippen LogP contribution is -2.76. The summed E-state index contributed by atoms with van der Waals surface area (Å²) in [6.07, 6.45) is -0.360. The van der Waals surface area contributed by atoms with Gasteiger partial charge in [-0.2, -0.15) is 0 Å². The van der Waals surface area contributed by atoms with E-state index in [1.807, 2.05) is 0 Å². The highest BCUT2D eigenvalue weighted by atomic mass is 35.5. The van der Waals surface area contributed by atoms with Crippen LogP contribution in [0.15, 0.2) is 23.5 Å². The van der Waals surface area contributed by atoms with Crippen molar-refractivity contribution in [3.8, 4) is 34.5 Å². The van der Waals surface area contributed by atoms with E-state index in [1.165, 1.54) is 40.6 Å². The van der Waals surface area contributed by atoms with Crippen molar-refractivity contribution in [3.63, 3.8) is 0 Å². The molecule has 2 aromatic rings. The predicted octanol–water partition coefficient (Wildman–Crippen LogP) is 4.80. The highest BCUT2D eigenvalue weighted by Crippen LogP contribution is 2.64. The van der Waals surface area contributed by atoms with Crippen LogP contribution in [0, 0.1) is 23.7 Å². The summed E-state index contributed by atoms with van der Waals surface area (Å²) in [6, 6.07) is 2.85. The summed E-state index contributed by atoms with van der Waals surface area (Å²) in [5.74, 6) is -9.51. The molecule has 3 unspecified atom stereocenters. The summed E-state index contributed by atoms with van der Waals surface area (Å²) in [5.41, 5.74) is -4.46. The van der Waals surface area contributed by atoms with E-state index in [0.29, 0.717) is 0 Å². The predicted molar refractivity (Wildman–Crippen MR) is 168 cm³/mol. The minimum atomic E-state index is -2.77. The molecule has 1 N–H and O–H groups in total. The number of benzene rings is 2. The van der Waals surface area contributed by atoms with Gasteiger partial charge in [0.2, 0.25) is 22.8 Å². The van der Waals surface area contributed by atoms with Gasteiger partial charge in [0.1, 0.15) is 50.0 Å². The van der Waals surface area contributed by atoms with E-state index >= 15 is 0 Å². The van der Waals surface area contributed by atoms with Crippen LogP contribution in [0.5, 0.6) is 34.5 Å². The molecule has 7 rings (SSSR count). The second-order valence-electron chi connectivity index (χ2n) is 12.8. The van der Waals surface area contributed by atoms with E-state index in [-0.39, 0.29) is 79.8 Å². The Labute approximate surface area is 285 Å². The molecule has 0 saturated heterocycles. The SMILES string of the molecule is COc1cc(OC)c2c(c1Cl)OC1(C2=O)C2=C(C(=O)C[C@H]1C)[C@@H](C)C1C(=O)C[C@@H](C)C3(Oc4c(Cl)c(OC)cc(OC)c4C3=O)[C@@]1(O)O2. The van der Waals surface area contributed by atoms with Crippen LogP contribution >= 0.6 is 23.2 Å². The first-order chi connectivity index (χ1) is 22.7. The average molecular weight is 704 g/mol. The van der Waals surface area contributed by atoms with E-state index < -0.39 is 63.8 Å². The van der Waals surface area contributed by atoms with Crippen molar-refractivity contribution in [1.29, 1.82) is 0 Å². The van der Waals surface area contributed by atoms with Gasteiger partial charge in [0.25, 0.3) is 5.79 Å². The van der Waals surface area contributed by atoms with Crippen molar-refractivity contribution in [3.05, 3.63) is 44.6 Å². The van der Waals surface area contributed by atoms with E-state index in [1.54, 1.807) is 20.8 Å². The number of rotatable bonds is 4. The third-order valence-electron chi connectivity index (χ3n) is 10.6. The summed E-state index contributed by atoms with van der Waals surface area (Å²) in [4.78, 5) is 57.2. The zero-order valence-corrected chi connectivity index (χ0v) is 28.6. The highest BCUT2D eigenvalue weighted by Gasteiger charge is 2.78. The first-order valence-corrected chi connectivity index (χ1v) is 16.0. The largest absolute Gasteiger partial charge is 0.496 e. The Morgan fingerprint density at radius 3 is 1.79 bits per heavy atom. The molecule has 0 amide bonds. The van der Waals surface area contributed by atoms with Gasteiger partial charge in [-0.25, -0.2) is 0 Å². The third kappa shape index (κ3) is 3.60. The Bertz CT molecular complexity index is 1900. The second kappa shape index (κ2) is 10.5. The Kier molecular flexibility index (Phi) is 7.12. The zero-order chi connectivity index (χ0) is 34.8. The maximum Gasteiger partial charge on any atom is 0.266 e. The standard InChI is InChI=1S/C34H32Cl2O12/c1-12-8-15(37)21-14(3)24-16(38)9-13(2)33(30(40)23-18(43-5)11-20(45-7)26(36)28(23)47-33)34(24,41)48-31(21)32(12)29(39)22-17(42-4)10-19(44-6)25(35)27(22)46-32/h10-14,24,41H,8-9H2,1-7H3/t12-,13-,14-,24?,32?,33?,34+/m1/s1. The molecule has 1 fully saturated rings. The van der Waals surface area contributed by atoms with Gasteiger partial charge in [0.05, 0.1) is 34.4 Å². The fourth-order valence-corrected chi connectivity index (χ4v) is 8.89. The summed E-state index contributed by atoms with van der Waals surface area (Å²) < 4.78 is 41.3. The quantitative estimate of drug-likeness (QED) is 0.466. The van der Waals surface area contributed by atoms with Crippen molar-refractivity contribution in [2.24, 2.45) is 23.7 Å². The monoisotopic (exact) mass is 702 g/mol. The number of hydrogen-bond donors (Lipinski definition) is 1. The van der Waals surface area contributed by atoms with Crippen LogP contribution < -0.4 is 28.4 Å².